The first-order chi connectivity index (χ1) is 9.52. The van der Waals surface area contributed by atoms with Crippen molar-refractivity contribution in [2.24, 2.45) is 5.92 Å². The molecule has 2 N–H and O–H groups in total. The highest BCUT2D eigenvalue weighted by atomic mass is 16.5. The highest BCUT2D eigenvalue weighted by molar-refractivity contribution is 5.74. The molecule has 1 heterocycles. The molecule has 6 heteroatoms. The van der Waals surface area contributed by atoms with Crippen molar-refractivity contribution in [3.8, 4) is 5.75 Å². The number of benzene rings is 1. The highest BCUT2D eigenvalue weighted by Crippen LogP contribution is 2.34. The molecule has 0 saturated carbocycles. The molecule has 0 aliphatic carbocycles. The van der Waals surface area contributed by atoms with E-state index in [1.54, 1.807) is 19.2 Å². The second-order valence-electron chi connectivity index (χ2n) is 4.84. The lowest BCUT2D eigenvalue weighted by Gasteiger charge is -2.35. The van der Waals surface area contributed by atoms with Gasteiger partial charge >= 0.3 is 12.1 Å². The molecule has 6 nitrogen and oxygen atoms in total. The number of carbonyl (C=O) groups is 2. The van der Waals surface area contributed by atoms with Gasteiger partial charge < -0.3 is 19.8 Å². The molecule has 1 fully saturated rings. The van der Waals surface area contributed by atoms with Crippen LogP contribution in [0.2, 0.25) is 0 Å². The van der Waals surface area contributed by atoms with Crippen molar-refractivity contribution in [3.63, 3.8) is 0 Å². The Morgan fingerprint density at radius 3 is 2.40 bits per heavy atom. The zero-order valence-electron chi connectivity index (χ0n) is 11.2. The predicted octanol–water partition coefficient (Wildman–Crippen LogP) is 1.86. The molecule has 2 unspecified atom stereocenters. The number of amides is 1. The Morgan fingerprint density at radius 1 is 1.25 bits per heavy atom. The van der Waals surface area contributed by atoms with Crippen LogP contribution in [0.1, 0.15) is 17.9 Å². The smallest absolute Gasteiger partial charge is 0.407 e. The second kappa shape index (κ2) is 5.81. The predicted molar refractivity (Wildman–Crippen MR) is 71.1 cm³/mol. The van der Waals surface area contributed by atoms with E-state index < -0.39 is 18.0 Å². The number of hydrogen-bond acceptors (Lipinski definition) is 3. The molecule has 2 atom stereocenters. The van der Waals surface area contributed by atoms with Gasteiger partial charge in [0, 0.05) is 19.0 Å². The normalized spacial score (nSPS) is 22.4. The summed E-state index contributed by atoms with van der Waals surface area (Å²) in [5.74, 6) is -1.14. The lowest BCUT2D eigenvalue weighted by atomic mass is 9.80. The van der Waals surface area contributed by atoms with Crippen LogP contribution in [-0.4, -0.2) is 47.4 Å². The second-order valence-corrected chi connectivity index (χ2v) is 4.84. The molecule has 1 saturated heterocycles. The van der Waals surface area contributed by atoms with Crippen LogP contribution in [0.5, 0.6) is 5.75 Å². The van der Waals surface area contributed by atoms with E-state index in [2.05, 4.69) is 0 Å². The van der Waals surface area contributed by atoms with Crippen molar-refractivity contribution in [2.45, 2.75) is 12.3 Å². The van der Waals surface area contributed by atoms with Crippen molar-refractivity contribution < 1.29 is 24.5 Å². The molecule has 0 radical (unpaired) electrons. The van der Waals surface area contributed by atoms with Crippen LogP contribution in [0, 0.1) is 5.92 Å². The maximum atomic E-state index is 11.4. The van der Waals surface area contributed by atoms with Gasteiger partial charge in [0.15, 0.2) is 0 Å². The maximum Gasteiger partial charge on any atom is 0.407 e. The zero-order chi connectivity index (χ0) is 14.7. The van der Waals surface area contributed by atoms with E-state index in [-0.39, 0.29) is 12.5 Å². The van der Waals surface area contributed by atoms with Gasteiger partial charge in [-0.1, -0.05) is 12.1 Å². The Kier molecular flexibility index (Phi) is 4.12. The average molecular weight is 279 g/mol. The number of piperidine rings is 1. The van der Waals surface area contributed by atoms with Crippen LogP contribution in [-0.2, 0) is 4.79 Å². The summed E-state index contributed by atoms with van der Waals surface area (Å²) in [6, 6.07) is 7.27. The third-order valence-corrected chi connectivity index (χ3v) is 3.74. The molecule has 1 amide bonds. The summed E-state index contributed by atoms with van der Waals surface area (Å²) in [7, 11) is 1.57. The summed E-state index contributed by atoms with van der Waals surface area (Å²) in [5.41, 5.74) is 0.906. The molecule has 108 valence electrons. The van der Waals surface area contributed by atoms with Gasteiger partial charge in [-0.3, -0.25) is 4.79 Å². The SMILES string of the molecule is COc1ccc(C2CCN(C(=O)O)CC2C(=O)O)cc1. The van der Waals surface area contributed by atoms with Gasteiger partial charge in [-0.2, -0.15) is 0 Å². The number of hydrogen-bond donors (Lipinski definition) is 2. The summed E-state index contributed by atoms with van der Waals surface area (Å²) in [6.07, 6.45) is -0.556. The topological polar surface area (TPSA) is 87.1 Å². The van der Waals surface area contributed by atoms with Crippen molar-refractivity contribution in [2.75, 3.05) is 20.2 Å². The summed E-state index contributed by atoms with van der Waals surface area (Å²) in [6.45, 7) is 0.386. The molecule has 20 heavy (non-hydrogen) atoms. The van der Waals surface area contributed by atoms with Crippen LogP contribution < -0.4 is 4.74 Å². The number of aliphatic carboxylic acids is 1. The summed E-state index contributed by atoms with van der Waals surface area (Å²) in [5, 5.41) is 18.3. The van der Waals surface area contributed by atoms with Crippen LogP contribution in [0.4, 0.5) is 4.79 Å². The fourth-order valence-electron chi connectivity index (χ4n) is 2.63. The molecule has 2 rings (SSSR count). The van der Waals surface area contributed by atoms with Gasteiger partial charge in [-0.25, -0.2) is 4.79 Å². The van der Waals surface area contributed by atoms with Crippen LogP contribution in [0.15, 0.2) is 24.3 Å². The van der Waals surface area contributed by atoms with Gasteiger partial charge in [-0.05, 0) is 24.1 Å². The lowest BCUT2D eigenvalue weighted by Crippen LogP contribution is -2.45. The minimum absolute atomic E-state index is 0.0291. The number of carboxylic acids is 1. The maximum absolute atomic E-state index is 11.4. The Hall–Kier alpha value is -2.24. The van der Waals surface area contributed by atoms with E-state index in [4.69, 9.17) is 9.84 Å². The standard InChI is InChI=1S/C14H17NO5/c1-20-10-4-2-9(3-5-10)11-6-7-15(14(18)19)8-12(11)13(16)17/h2-5,11-12H,6-8H2,1H3,(H,16,17)(H,18,19). The Balaban J connectivity index is 2.20. The minimum Gasteiger partial charge on any atom is -0.497 e. The number of rotatable bonds is 3. The van der Waals surface area contributed by atoms with E-state index in [0.717, 1.165) is 5.56 Å². The minimum atomic E-state index is -1.07. The van der Waals surface area contributed by atoms with Gasteiger partial charge in [0.1, 0.15) is 5.75 Å². The van der Waals surface area contributed by atoms with Crippen molar-refractivity contribution in [1.29, 1.82) is 0 Å². The Bertz CT molecular complexity index is 499. The average Bonchev–Trinajstić information content (AvgIpc) is 2.46. The first-order valence-corrected chi connectivity index (χ1v) is 6.37. The molecule has 1 aromatic rings. The van der Waals surface area contributed by atoms with Crippen molar-refractivity contribution >= 4 is 12.1 Å². The summed E-state index contributed by atoms with van der Waals surface area (Å²) >= 11 is 0. The largest absolute Gasteiger partial charge is 0.497 e. The first-order valence-electron chi connectivity index (χ1n) is 6.37. The van der Waals surface area contributed by atoms with Crippen molar-refractivity contribution in [1.82, 2.24) is 4.90 Å². The Morgan fingerprint density at radius 2 is 1.90 bits per heavy atom. The quantitative estimate of drug-likeness (QED) is 0.882. The van der Waals surface area contributed by atoms with Gasteiger partial charge in [0.05, 0.1) is 13.0 Å². The molecule has 1 aliphatic rings. The zero-order valence-corrected chi connectivity index (χ0v) is 11.2. The lowest BCUT2D eigenvalue weighted by molar-refractivity contribution is -0.144. The fourth-order valence-corrected chi connectivity index (χ4v) is 2.63. The fraction of sp³-hybridized carbons (Fsp3) is 0.429. The number of carboxylic acid groups (broad SMARTS) is 2. The van der Waals surface area contributed by atoms with E-state index >= 15 is 0 Å². The van der Waals surface area contributed by atoms with Gasteiger partial charge in [-0.15, -0.1) is 0 Å². The van der Waals surface area contributed by atoms with E-state index in [1.165, 1.54) is 4.90 Å². The van der Waals surface area contributed by atoms with E-state index in [9.17, 15) is 14.7 Å². The van der Waals surface area contributed by atoms with E-state index in [0.29, 0.717) is 18.7 Å². The summed E-state index contributed by atoms with van der Waals surface area (Å²) < 4.78 is 5.08. The molecular formula is C14H17NO5. The van der Waals surface area contributed by atoms with Crippen molar-refractivity contribution in [3.05, 3.63) is 29.8 Å². The third-order valence-electron chi connectivity index (χ3n) is 3.74. The van der Waals surface area contributed by atoms with Crippen LogP contribution >= 0.6 is 0 Å². The van der Waals surface area contributed by atoms with E-state index in [1.807, 2.05) is 12.1 Å². The molecule has 1 aromatic carbocycles. The monoisotopic (exact) mass is 279 g/mol. The molecule has 1 aliphatic heterocycles. The summed E-state index contributed by atoms with van der Waals surface area (Å²) in [4.78, 5) is 23.5. The number of nitrogens with zero attached hydrogens (tertiary/aromatic N) is 1. The number of ether oxygens (including phenoxy) is 1. The Labute approximate surface area is 116 Å². The number of likely N-dealkylation sites (tertiary alicyclic amines) is 1. The number of methoxy groups -OCH3 is 1. The van der Waals surface area contributed by atoms with Crippen LogP contribution in [0.25, 0.3) is 0 Å². The molecular weight excluding hydrogens is 262 g/mol. The molecule has 0 bridgehead atoms. The van der Waals surface area contributed by atoms with Gasteiger partial charge in [0.2, 0.25) is 0 Å². The highest BCUT2D eigenvalue weighted by Gasteiger charge is 2.36. The van der Waals surface area contributed by atoms with Gasteiger partial charge in [0.25, 0.3) is 0 Å². The third kappa shape index (κ3) is 2.84. The first kappa shape index (κ1) is 14.2. The molecule has 0 aromatic heterocycles. The van der Waals surface area contributed by atoms with Crippen LogP contribution in [0.3, 0.4) is 0 Å². The molecule has 0 spiro atoms.